The van der Waals surface area contributed by atoms with E-state index in [-0.39, 0.29) is 11.1 Å². The van der Waals surface area contributed by atoms with Gasteiger partial charge in [-0.3, -0.25) is 19.9 Å². The first kappa shape index (κ1) is 18.3. The number of imide groups is 1. The summed E-state index contributed by atoms with van der Waals surface area (Å²) in [6.45, 7) is 11.4. The average Bonchev–Trinajstić information content (AvgIpc) is 3.03. The lowest BCUT2D eigenvalue weighted by Gasteiger charge is -2.38. The van der Waals surface area contributed by atoms with Crippen LogP contribution in [0.4, 0.5) is 10.5 Å². The van der Waals surface area contributed by atoms with E-state index >= 15 is 0 Å². The number of hydrogen-bond acceptors (Lipinski definition) is 6. The summed E-state index contributed by atoms with van der Waals surface area (Å²) >= 11 is 0.925. The van der Waals surface area contributed by atoms with Crippen LogP contribution in [0.2, 0.25) is 0 Å². The van der Waals surface area contributed by atoms with Crippen molar-refractivity contribution < 1.29 is 9.59 Å². The number of hydrogen-bond donors (Lipinski definition) is 1. The molecule has 0 bridgehead atoms. The molecule has 2 amide bonds. The van der Waals surface area contributed by atoms with E-state index in [9.17, 15) is 9.59 Å². The molecule has 0 unspecified atom stereocenters. The van der Waals surface area contributed by atoms with Crippen molar-refractivity contribution in [3.05, 3.63) is 65.9 Å². The second-order valence-corrected chi connectivity index (χ2v) is 7.64. The molecule has 6 nitrogen and oxygen atoms in total. The van der Waals surface area contributed by atoms with Crippen LogP contribution in [0.1, 0.15) is 5.56 Å². The molecular weight excluding hydrogens is 372 g/mol. The highest BCUT2D eigenvalue weighted by Gasteiger charge is 2.25. The predicted octanol–water partition coefficient (Wildman–Crippen LogP) is 3.38. The first-order valence-corrected chi connectivity index (χ1v) is 9.81. The molecule has 142 valence electrons. The van der Waals surface area contributed by atoms with Crippen LogP contribution in [0.3, 0.4) is 0 Å². The molecule has 2 fully saturated rings. The molecule has 0 spiro atoms. The highest BCUT2D eigenvalue weighted by Crippen LogP contribution is 2.30. The normalized spacial score (nSPS) is 18.6. The fourth-order valence-electron chi connectivity index (χ4n) is 3.45. The number of nitrogens with zero attached hydrogens (tertiary/aromatic N) is 3. The van der Waals surface area contributed by atoms with Gasteiger partial charge in [-0.15, -0.1) is 0 Å². The summed E-state index contributed by atoms with van der Waals surface area (Å²) in [7, 11) is 0. The van der Waals surface area contributed by atoms with Crippen LogP contribution in [0.5, 0.6) is 0 Å². The van der Waals surface area contributed by atoms with Crippen molar-refractivity contribution in [2.45, 2.75) is 0 Å². The Hall–Kier alpha value is -3.06. The number of carbonyl (C=O) groups excluding carboxylic acids is 2. The SMILES string of the molecule is C=CC(=C)N1CCN(c2ccnc3ccc(/C=C4\SC(=O)NC4=O)cc23)CC1. The zero-order valence-corrected chi connectivity index (χ0v) is 16.2. The maximum Gasteiger partial charge on any atom is 0.290 e. The monoisotopic (exact) mass is 392 g/mol. The van der Waals surface area contributed by atoms with Crippen molar-refractivity contribution in [3.8, 4) is 0 Å². The Morgan fingerprint density at radius 2 is 1.96 bits per heavy atom. The van der Waals surface area contributed by atoms with Crippen molar-refractivity contribution in [2.24, 2.45) is 0 Å². The quantitative estimate of drug-likeness (QED) is 0.636. The fraction of sp³-hybridized carbons (Fsp3) is 0.190. The molecule has 2 aliphatic heterocycles. The van der Waals surface area contributed by atoms with Gasteiger partial charge in [0.2, 0.25) is 0 Å². The second-order valence-electron chi connectivity index (χ2n) is 6.63. The van der Waals surface area contributed by atoms with Crippen molar-refractivity contribution in [1.29, 1.82) is 0 Å². The summed E-state index contributed by atoms with van der Waals surface area (Å²) in [5.41, 5.74) is 3.84. The number of benzene rings is 1. The zero-order valence-electron chi connectivity index (χ0n) is 15.4. The minimum absolute atomic E-state index is 0.335. The Labute approximate surface area is 167 Å². The van der Waals surface area contributed by atoms with Crippen LogP contribution < -0.4 is 10.2 Å². The third-order valence-corrected chi connectivity index (χ3v) is 5.76. The lowest BCUT2D eigenvalue weighted by atomic mass is 10.1. The number of amides is 2. The minimum atomic E-state index is -0.347. The molecule has 4 rings (SSSR count). The lowest BCUT2D eigenvalue weighted by Crippen LogP contribution is -2.45. The Kier molecular flexibility index (Phi) is 4.92. The van der Waals surface area contributed by atoms with Gasteiger partial charge in [-0.05, 0) is 47.7 Å². The first-order valence-electron chi connectivity index (χ1n) is 9.00. The maximum atomic E-state index is 11.8. The number of aromatic nitrogens is 1. The van der Waals surface area contributed by atoms with Gasteiger partial charge in [0.25, 0.3) is 11.1 Å². The number of allylic oxidation sites excluding steroid dienone is 1. The van der Waals surface area contributed by atoms with Gasteiger partial charge in [0.05, 0.1) is 10.4 Å². The van der Waals surface area contributed by atoms with Gasteiger partial charge in [0.15, 0.2) is 0 Å². The molecule has 0 atom stereocenters. The van der Waals surface area contributed by atoms with Crippen molar-refractivity contribution in [1.82, 2.24) is 15.2 Å². The molecule has 2 aliphatic rings. The molecule has 7 heteroatoms. The summed E-state index contributed by atoms with van der Waals surface area (Å²) in [6.07, 6.45) is 5.36. The van der Waals surface area contributed by atoms with Gasteiger partial charge in [0, 0.05) is 49.1 Å². The van der Waals surface area contributed by atoms with E-state index in [1.807, 2.05) is 30.5 Å². The Morgan fingerprint density at radius 3 is 2.64 bits per heavy atom. The molecule has 3 heterocycles. The van der Waals surface area contributed by atoms with E-state index in [2.05, 4.69) is 33.3 Å². The summed E-state index contributed by atoms with van der Waals surface area (Å²) < 4.78 is 0. The number of carbonyl (C=O) groups is 2. The van der Waals surface area contributed by atoms with Gasteiger partial charge in [-0.2, -0.15) is 0 Å². The zero-order chi connectivity index (χ0) is 19.7. The molecule has 1 aromatic heterocycles. The van der Waals surface area contributed by atoms with Crippen LogP contribution in [0.15, 0.2) is 60.3 Å². The summed E-state index contributed by atoms with van der Waals surface area (Å²) in [5, 5.41) is 2.98. The molecule has 1 N–H and O–H groups in total. The molecule has 0 radical (unpaired) electrons. The summed E-state index contributed by atoms with van der Waals surface area (Å²) in [5.74, 6) is -0.347. The van der Waals surface area contributed by atoms with Gasteiger partial charge >= 0.3 is 0 Å². The summed E-state index contributed by atoms with van der Waals surface area (Å²) in [6, 6.07) is 7.91. The smallest absolute Gasteiger partial charge is 0.290 e. The van der Waals surface area contributed by atoms with Gasteiger partial charge in [0.1, 0.15) is 0 Å². The number of nitrogens with one attached hydrogen (secondary N) is 1. The molecule has 2 aromatic rings. The van der Waals surface area contributed by atoms with E-state index in [0.29, 0.717) is 4.91 Å². The number of thioether (sulfide) groups is 1. The number of fused-ring (bicyclic) bond motifs is 1. The van der Waals surface area contributed by atoms with E-state index in [1.165, 1.54) is 0 Å². The van der Waals surface area contributed by atoms with E-state index < -0.39 is 0 Å². The van der Waals surface area contributed by atoms with Crippen LogP contribution in [0.25, 0.3) is 17.0 Å². The maximum absolute atomic E-state index is 11.8. The van der Waals surface area contributed by atoms with Gasteiger partial charge in [-0.25, -0.2) is 0 Å². The molecular formula is C21H20N4O2S. The van der Waals surface area contributed by atoms with Crippen LogP contribution in [0, 0.1) is 0 Å². The molecule has 2 saturated heterocycles. The van der Waals surface area contributed by atoms with Crippen molar-refractivity contribution in [2.75, 3.05) is 31.1 Å². The molecule has 28 heavy (non-hydrogen) atoms. The number of anilines is 1. The highest BCUT2D eigenvalue weighted by atomic mass is 32.2. The van der Waals surface area contributed by atoms with Crippen molar-refractivity contribution >= 4 is 45.6 Å². The molecule has 0 saturated carbocycles. The van der Waals surface area contributed by atoms with E-state index in [1.54, 1.807) is 12.2 Å². The first-order chi connectivity index (χ1) is 13.5. The Balaban J connectivity index is 1.64. The number of piperazine rings is 1. The van der Waals surface area contributed by atoms with Crippen LogP contribution >= 0.6 is 11.8 Å². The fourth-order valence-corrected chi connectivity index (χ4v) is 4.13. The van der Waals surface area contributed by atoms with E-state index in [4.69, 9.17) is 0 Å². The molecule has 1 aromatic carbocycles. The third-order valence-electron chi connectivity index (χ3n) is 4.94. The van der Waals surface area contributed by atoms with Crippen LogP contribution in [-0.2, 0) is 4.79 Å². The predicted molar refractivity (Wildman–Crippen MR) is 114 cm³/mol. The Morgan fingerprint density at radius 1 is 1.18 bits per heavy atom. The number of pyridine rings is 1. The molecule has 0 aliphatic carbocycles. The summed E-state index contributed by atoms with van der Waals surface area (Å²) in [4.78, 5) is 32.6. The average molecular weight is 392 g/mol. The van der Waals surface area contributed by atoms with Gasteiger partial charge in [-0.1, -0.05) is 19.2 Å². The van der Waals surface area contributed by atoms with E-state index in [0.717, 1.165) is 65.8 Å². The van der Waals surface area contributed by atoms with Crippen LogP contribution in [-0.4, -0.2) is 47.2 Å². The van der Waals surface area contributed by atoms with Crippen molar-refractivity contribution in [3.63, 3.8) is 0 Å². The minimum Gasteiger partial charge on any atom is -0.368 e. The third kappa shape index (κ3) is 3.53. The van der Waals surface area contributed by atoms with Gasteiger partial charge < -0.3 is 9.80 Å². The topological polar surface area (TPSA) is 65.5 Å². The largest absolute Gasteiger partial charge is 0.368 e. The Bertz CT molecular complexity index is 1020. The second kappa shape index (κ2) is 7.52. The standard InChI is InChI=1S/C21H20N4O2S/c1-3-14(2)24-8-10-25(11-9-24)18-6-7-22-17-5-4-15(12-16(17)18)13-19-20(26)23-21(27)28-19/h3-7,12-13H,1-2,8-11H2,(H,23,26,27)/b19-13-. The number of rotatable bonds is 4. The highest BCUT2D eigenvalue weighted by molar-refractivity contribution is 8.18. The lowest BCUT2D eigenvalue weighted by molar-refractivity contribution is -0.115.